The van der Waals surface area contributed by atoms with Gasteiger partial charge in [-0.2, -0.15) is 5.26 Å². The number of nitrogens with zero attached hydrogens (tertiary/aromatic N) is 2. The maximum absolute atomic E-state index is 9.22. The molecule has 0 amide bonds. The molecule has 1 aromatic carbocycles. The van der Waals surface area contributed by atoms with Gasteiger partial charge in [-0.25, -0.2) is 0 Å². The van der Waals surface area contributed by atoms with E-state index in [1.807, 2.05) is 18.2 Å². The summed E-state index contributed by atoms with van der Waals surface area (Å²) in [4.78, 5) is 0. The fourth-order valence-electron chi connectivity index (χ4n) is 2.16. The Morgan fingerprint density at radius 1 is 1.40 bits per heavy atom. The third-order valence-electron chi connectivity index (χ3n) is 3.33. The predicted octanol–water partition coefficient (Wildman–Crippen LogP) is 2.77. The number of nitriles is 1. The first-order valence-electron chi connectivity index (χ1n) is 5.10. The van der Waals surface area contributed by atoms with Crippen LogP contribution in [0.25, 0.3) is 10.9 Å². The van der Waals surface area contributed by atoms with E-state index < -0.39 is 0 Å². The van der Waals surface area contributed by atoms with E-state index in [0.717, 1.165) is 35.7 Å². The van der Waals surface area contributed by atoms with E-state index in [9.17, 15) is 5.26 Å². The number of aromatic nitrogens is 1. The monoisotopic (exact) mass is 198 g/mol. The van der Waals surface area contributed by atoms with Crippen molar-refractivity contribution in [3.8, 4) is 6.07 Å². The molecule has 0 spiro atoms. The molecular weight excluding hydrogens is 188 g/mol. The first-order valence-corrected chi connectivity index (χ1v) is 5.10. The van der Waals surface area contributed by atoms with Gasteiger partial charge >= 0.3 is 0 Å². The van der Waals surface area contributed by atoms with Gasteiger partial charge in [0.15, 0.2) is 0 Å². The highest BCUT2D eigenvalue weighted by molar-refractivity contribution is 5.78. The Labute approximate surface area is 87.3 Å². The predicted molar refractivity (Wildman–Crippen MR) is 55.2 cm³/mol. The third-order valence-corrected chi connectivity index (χ3v) is 3.33. The van der Waals surface area contributed by atoms with Crippen LogP contribution in [0.3, 0.4) is 0 Å². The van der Waals surface area contributed by atoms with E-state index in [-0.39, 0.29) is 5.41 Å². The van der Waals surface area contributed by atoms with Crippen LogP contribution in [-0.2, 0) is 5.41 Å². The quantitative estimate of drug-likeness (QED) is 0.707. The summed E-state index contributed by atoms with van der Waals surface area (Å²) >= 11 is 0. The topological polar surface area (TPSA) is 49.8 Å². The fourth-order valence-corrected chi connectivity index (χ4v) is 2.16. The summed E-state index contributed by atoms with van der Waals surface area (Å²) in [6, 6.07) is 8.39. The summed E-state index contributed by atoms with van der Waals surface area (Å²) in [5.74, 6) is 0. The van der Waals surface area contributed by atoms with E-state index in [0.29, 0.717) is 0 Å². The summed E-state index contributed by atoms with van der Waals surface area (Å²) in [5.41, 5.74) is 1.67. The third kappa shape index (κ3) is 1.08. The molecule has 1 saturated carbocycles. The lowest BCUT2D eigenvalue weighted by Gasteiger charge is -2.35. The first kappa shape index (κ1) is 8.49. The number of hydrogen-bond acceptors (Lipinski definition) is 3. The number of fused-ring (bicyclic) bond motifs is 1. The molecule has 2 aromatic rings. The van der Waals surface area contributed by atoms with Gasteiger partial charge in [-0.1, -0.05) is 11.2 Å². The van der Waals surface area contributed by atoms with Crippen LogP contribution in [0, 0.1) is 11.3 Å². The second-order valence-corrected chi connectivity index (χ2v) is 4.14. The van der Waals surface area contributed by atoms with Crippen LogP contribution >= 0.6 is 0 Å². The molecule has 0 unspecified atom stereocenters. The molecule has 3 rings (SSSR count). The van der Waals surface area contributed by atoms with Crippen LogP contribution < -0.4 is 0 Å². The average molecular weight is 198 g/mol. The minimum Gasteiger partial charge on any atom is -0.364 e. The van der Waals surface area contributed by atoms with Gasteiger partial charge < -0.3 is 4.52 Å². The molecule has 74 valence electrons. The molecule has 1 aromatic heterocycles. The van der Waals surface area contributed by atoms with Crippen LogP contribution in [-0.4, -0.2) is 5.16 Å². The molecule has 0 atom stereocenters. The Morgan fingerprint density at radius 3 is 2.93 bits per heavy atom. The zero-order valence-electron chi connectivity index (χ0n) is 8.23. The van der Waals surface area contributed by atoms with Gasteiger partial charge in [0.05, 0.1) is 11.5 Å². The zero-order valence-corrected chi connectivity index (χ0v) is 8.23. The molecule has 1 aliphatic carbocycles. The van der Waals surface area contributed by atoms with Crippen molar-refractivity contribution in [1.82, 2.24) is 5.16 Å². The van der Waals surface area contributed by atoms with Crippen LogP contribution in [0.4, 0.5) is 0 Å². The normalized spacial score (nSPS) is 18.3. The Balaban J connectivity index is 2.15. The standard InChI is InChI=1S/C12H10N2O/c13-8-12(4-1-5-12)10-3-2-9-7-15-14-11(9)6-10/h2-3,6-7H,1,4-5H2. The molecular formula is C12H10N2O. The molecule has 0 bridgehead atoms. The molecule has 0 aliphatic heterocycles. The number of rotatable bonds is 1. The van der Waals surface area contributed by atoms with Gasteiger partial charge in [-0.05, 0) is 37.0 Å². The molecule has 0 N–H and O–H groups in total. The van der Waals surface area contributed by atoms with Gasteiger partial charge in [0.25, 0.3) is 0 Å². The lowest BCUT2D eigenvalue weighted by atomic mass is 9.65. The minimum absolute atomic E-state index is 0.257. The maximum atomic E-state index is 9.22. The smallest absolute Gasteiger partial charge is 0.131 e. The van der Waals surface area contributed by atoms with Gasteiger partial charge in [0.1, 0.15) is 11.8 Å². The van der Waals surface area contributed by atoms with Gasteiger partial charge in [-0.15, -0.1) is 0 Å². The van der Waals surface area contributed by atoms with Crippen LogP contribution in [0.2, 0.25) is 0 Å². The van der Waals surface area contributed by atoms with E-state index >= 15 is 0 Å². The summed E-state index contributed by atoms with van der Waals surface area (Å²) in [5, 5.41) is 14.1. The number of hydrogen-bond donors (Lipinski definition) is 0. The van der Waals surface area contributed by atoms with Crippen molar-refractivity contribution in [1.29, 1.82) is 5.26 Å². The minimum atomic E-state index is -0.257. The molecule has 1 aliphatic rings. The van der Waals surface area contributed by atoms with E-state index in [2.05, 4.69) is 11.2 Å². The molecule has 0 radical (unpaired) electrons. The number of benzene rings is 1. The van der Waals surface area contributed by atoms with Crippen molar-refractivity contribution in [3.63, 3.8) is 0 Å². The zero-order chi connectivity index (χ0) is 10.3. The SMILES string of the molecule is N#CC1(c2ccc3conc3c2)CCC1. The van der Waals surface area contributed by atoms with Crippen molar-refractivity contribution in [3.05, 3.63) is 30.0 Å². The molecule has 0 saturated heterocycles. The summed E-state index contributed by atoms with van der Waals surface area (Å²) < 4.78 is 4.88. The van der Waals surface area contributed by atoms with Crippen LogP contribution in [0.15, 0.2) is 29.0 Å². The van der Waals surface area contributed by atoms with Gasteiger partial charge in [-0.3, -0.25) is 0 Å². The Morgan fingerprint density at radius 2 is 2.27 bits per heavy atom. The second-order valence-electron chi connectivity index (χ2n) is 4.14. The first-order chi connectivity index (χ1) is 7.34. The highest BCUT2D eigenvalue weighted by Crippen LogP contribution is 2.43. The van der Waals surface area contributed by atoms with Crippen molar-refractivity contribution in [2.45, 2.75) is 24.7 Å². The molecule has 3 heteroatoms. The van der Waals surface area contributed by atoms with E-state index in [1.165, 1.54) is 0 Å². The van der Waals surface area contributed by atoms with Crippen molar-refractivity contribution in [2.24, 2.45) is 0 Å². The summed E-state index contributed by atoms with van der Waals surface area (Å²) in [6.45, 7) is 0. The largest absolute Gasteiger partial charge is 0.364 e. The molecule has 1 heterocycles. The van der Waals surface area contributed by atoms with Gasteiger partial charge in [0.2, 0.25) is 0 Å². The molecule has 15 heavy (non-hydrogen) atoms. The lowest BCUT2D eigenvalue weighted by Crippen LogP contribution is -2.32. The summed E-state index contributed by atoms with van der Waals surface area (Å²) in [7, 11) is 0. The lowest BCUT2D eigenvalue weighted by molar-refractivity contribution is 0.324. The molecule has 3 nitrogen and oxygen atoms in total. The Bertz CT molecular complexity index is 546. The maximum Gasteiger partial charge on any atom is 0.131 e. The highest BCUT2D eigenvalue weighted by Gasteiger charge is 2.39. The van der Waals surface area contributed by atoms with Crippen molar-refractivity contribution >= 4 is 10.9 Å². The fraction of sp³-hybridized carbons (Fsp3) is 0.333. The van der Waals surface area contributed by atoms with Crippen molar-refractivity contribution in [2.75, 3.05) is 0 Å². The summed E-state index contributed by atoms with van der Waals surface area (Å²) in [6.07, 6.45) is 4.70. The van der Waals surface area contributed by atoms with Crippen molar-refractivity contribution < 1.29 is 4.52 Å². The van der Waals surface area contributed by atoms with E-state index in [1.54, 1.807) is 6.26 Å². The average Bonchev–Trinajstić information content (AvgIpc) is 2.64. The Hall–Kier alpha value is -1.82. The Kier molecular flexibility index (Phi) is 1.60. The second kappa shape index (κ2) is 2.83. The molecule has 1 fully saturated rings. The highest BCUT2D eigenvalue weighted by atomic mass is 16.5. The van der Waals surface area contributed by atoms with Crippen LogP contribution in [0.5, 0.6) is 0 Å². The van der Waals surface area contributed by atoms with E-state index in [4.69, 9.17) is 4.52 Å². The van der Waals surface area contributed by atoms with Gasteiger partial charge in [0, 0.05) is 5.39 Å². The van der Waals surface area contributed by atoms with Crippen LogP contribution in [0.1, 0.15) is 24.8 Å².